The second-order valence-corrected chi connectivity index (χ2v) is 11.1. The van der Waals surface area contributed by atoms with Gasteiger partial charge in [0.15, 0.2) is 0 Å². The van der Waals surface area contributed by atoms with Crippen molar-refractivity contribution >= 4 is 43.2 Å². The molecule has 1 N–H and O–H groups in total. The molecule has 1 saturated heterocycles. The highest BCUT2D eigenvalue weighted by Gasteiger charge is 2.34. The highest BCUT2D eigenvalue weighted by atomic mass is 79.9. The quantitative estimate of drug-likeness (QED) is 0.835. The Bertz CT molecular complexity index is 649. The Labute approximate surface area is 144 Å². The van der Waals surface area contributed by atoms with Gasteiger partial charge in [-0.15, -0.1) is 11.3 Å². The van der Waals surface area contributed by atoms with Gasteiger partial charge in [-0.05, 0) is 61.7 Å². The van der Waals surface area contributed by atoms with Crippen LogP contribution in [0.25, 0.3) is 0 Å². The number of sulfonamides is 1. The van der Waals surface area contributed by atoms with Gasteiger partial charge in [0.25, 0.3) is 10.0 Å². The molecule has 0 bridgehead atoms. The zero-order valence-electron chi connectivity index (χ0n) is 12.9. The molecule has 2 heterocycles. The molecule has 5 nitrogen and oxygen atoms in total. The summed E-state index contributed by atoms with van der Waals surface area (Å²) in [4.78, 5) is 12.3. The van der Waals surface area contributed by atoms with Crippen LogP contribution in [-0.2, 0) is 14.8 Å². The molecule has 0 saturated carbocycles. The third kappa shape index (κ3) is 4.31. The Morgan fingerprint density at radius 1 is 1.41 bits per heavy atom. The van der Waals surface area contributed by atoms with Crippen molar-refractivity contribution in [3.05, 3.63) is 15.9 Å². The van der Waals surface area contributed by atoms with Crippen molar-refractivity contribution in [2.45, 2.75) is 43.4 Å². The van der Waals surface area contributed by atoms with Gasteiger partial charge in [0.05, 0.1) is 9.70 Å². The van der Waals surface area contributed by atoms with Gasteiger partial charge in [-0.1, -0.05) is 0 Å². The predicted octanol–water partition coefficient (Wildman–Crippen LogP) is 2.83. The highest BCUT2D eigenvalue weighted by molar-refractivity contribution is 9.11. The number of amides is 1. The molecular formula is C14H21BrN2O3S2. The first-order valence-electron chi connectivity index (χ1n) is 7.17. The molecule has 1 aromatic rings. The Kier molecular flexibility index (Phi) is 5.36. The van der Waals surface area contributed by atoms with Crippen molar-refractivity contribution < 1.29 is 13.2 Å². The molecule has 1 fully saturated rings. The van der Waals surface area contributed by atoms with E-state index in [-0.39, 0.29) is 23.9 Å². The molecule has 1 aliphatic heterocycles. The molecule has 124 valence electrons. The maximum atomic E-state index is 12.6. The molecule has 8 heteroatoms. The van der Waals surface area contributed by atoms with Gasteiger partial charge < -0.3 is 5.32 Å². The summed E-state index contributed by atoms with van der Waals surface area (Å²) < 4.78 is 27.8. The van der Waals surface area contributed by atoms with Crippen molar-refractivity contribution in [3.8, 4) is 0 Å². The van der Waals surface area contributed by atoms with E-state index < -0.39 is 10.0 Å². The van der Waals surface area contributed by atoms with Crippen LogP contribution in [0.5, 0.6) is 0 Å². The van der Waals surface area contributed by atoms with Crippen molar-refractivity contribution in [3.63, 3.8) is 0 Å². The summed E-state index contributed by atoms with van der Waals surface area (Å²) in [6, 6.07) is 3.33. The van der Waals surface area contributed by atoms with Gasteiger partial charge >= 0.3 is 0 Å². The molecule has 22 heavy (non-hydrogen) atoms. The zero-order valence-corrected chi connectivity index (χ0v) is 16.1. The third-order valence-corrected chi connectivity index (χ3v) is 7.35. The van der Waals surface area contributed by atoms with E-state index in [0.29, 0.717) is 17.2 Å². The second-order valence-electron chi connectivity index (χ2n) is 6.50. The van der Waals surface area contributed by atoms with E-state index in [0.717, 1.165) is 10.2 Å². The molecular weight excluding hydrogens is 388 g/mol. The van der Waals surface area contributed by atoms with Gasteiger partial charge in [0.2, 0.25) is 5.91 Å². The number of carbonyl (C=O) groups is 1. The van der Waals surface area contributed by atoms with E-state index >= 15 is 0 Å². The predicted molar refractivity (Wildman–Crippen MR) is 91.4 cm³/mol. The third-order valence-electron chi connectivity index (χ3n) is 3.40. The number of nitrogens with one attached hydrogen (secondary N) is 1. The first-order chi connectivity index (χ1) is 10.1. The van der Waals surface area contributed by atoms with Crippen LogP contribution in [0.1, 0.15) is 33.6 Å². The average Bonchev–Trinajstić information content (AvgIpc) is 2.84. The van der Waals surface area contributed by atoms with E-state index in [1.807, 2.05) is 20.8 Å². The van der Waals surface area contributed by atoms with Crippen LogP contribution < -0.4 is 5.32 Å². The van der Waals surface area contributed by atoms with Gasteiger partial charge in [-0.3, -0.25) is 4.79 Å². The van der Waals surface area contributed by atoms with Crippen LogP contribution in [0.3, 0.4) is 0 Å². The first kappa shape index (κ1) is 17.9. The largest absolute Gasteiger partial charge is 0.351 e. The lowest BCUT2D eigenvalue weighted by Crippen LogP contribution is -2.49. The number of thiophene rings is 1. The van der Waals surface area contributed by atoms with E-state index in [4.69, 9.17) is 0 Å². The Hall–Kier alpha value is -0.440. The van der Waals surface area contributed by atoms with Crippen LogP contribution in [0.4, 0.5) is 0 Å². The fourth-order valence-electron chi connectivity index (χ4n) is 2.41. The lowest BCUT2D eigenvalue weighted by molar-refractivity contribution is -0.127. The van der Waals surface area contributed by atoms with Crippen LogP contribution in [0.15, 0.2) is 20.1 Å². The summed E-state index contributed by atoms with van der Waals surface area (Å²) in [5, 5.41) is 2.94. The summed E-state index contributed by atoms with van der Waals surface area (Å²) in [6.45, 7) is 6.49. The minimum absolute atomic E-state index is 0.0697. The van der Waals surface area contributed by atoms with E-state index in [2.05, 4.69) is 21.2 Å². The summed E-state index contributed by atoms with van der Waals surface area (Å²) in [5.41, 5.74) is -0.309. The summed E-state index contributed by atoms with van der Waals surface area (Å²) >= 11 is 4.48. The number of nitrogens with zero attached hydrogens (tertiary/aromatic N) is 1. The average molecular weight is 409 g/mol. The zero-order chi connectivity index (χ0) is 16.5. The standard InChI is InChI=1S/C14H21BrN2O3S2/c1-14(2,3)16-13(18)10-5-4-8-17(9-10)22(19,20)12-7-6-11(15)21-12/h6-7,10H,4-5,8-9H2,1-3H3,(H,16,18). The molecule has 0 radical (unpaired) electrons. The fourth-order valence-corrected chi connectivity index (χ4v) is 6.10. The maximum Gasteiger partial charge on any atom is 0.252 e. The van der Waals surface area contributed by atoms with Crippen LogP contribution in [0.2, 0.25) is 0 Å². The Morgan fingerprint density at radius 2 is 2.09 bits per heavy atom. The minimum Gasteiger partial charge on any atom is -0.351 e. The van der Waals surface area contributed by atoms with E-state index in [1.54, 1.807) is 12.1 Å². The number of piperidine rings is 1. The van der Waals surface area contributed by atoms with Crippen LogP contribution >= 0.6 is 27.3 Å². The van der Waals surface area contributed by atoms with Crippen LogP contribution in [-0.4, -0.2) is 37.3 Å². The smallest absolute Gasteiger partial charge is 0.252 e. The molecule has 0 spiro atoms. The fraction of sp³-hybridized carbons (Fsp3) is 0.643. The minimum atomic E-state index is -3.51. The number of hydrogen-bond donors (Lipinski definition) is 1. The molecule has 0 aromatic carbocycles. The Balaban J connectivity index is 2.12. The van der Waals surface area contributed by atoms with Gasteiger partial charge in [0, 0.05) is 18.6 Å². The summed E-state index contributed by atoms with van der Waals surface area (Å²) in [5.74, 6) is -0.356. The normalized spacial score (nSPS) is 20.8. The van der Waals surface area contributed by atoms with Crippen molar-refractivity contribution in [1.82, 2.24) is 9.62 Å². The first-order valence-corrected chi connectivity index (χ1v) is 10.2. The Morgan fingerprint density at radius 3 is 2.64 bits per heavy atom. The lowest BCUT2D eigenvalue weighted by Gasteiger charge is -2.32. The van der Waals surface area contributed by atoms with Gasteiger partial charge in [-0.25, -0.2) is 8.42 Å². The molecule has 1 atom stereocenters. The number of carbonyl (C=O) groups excluding carboxylic acids is 1. The number of hydrogen-bond acceptors (Lipinski definition) is 4. The van der Waals surface area contributed by atoms with Gasteiger partial charge in [0.1, 0.15) is 4.21 Å². The molecule has 1 aliphatic rings. The number of rotatable bonds is 3. The number of halogens is 1. The van der Waals surface area contributed by atoms with E-state index in [9.17, 15) is 13.2 Å². The van der Waals surface area contributed by atoms with E-state index in [1.165, 1.54) is 15.6 Å². The van der Waals surface area contributed by atoms with Crippen molar-refractivity contribution in [2.24, 2.45) is 5.92 Å². The SMILES string of the molecule is CC(C)(C)NC(=O)C1CCCN(S(=O)(=O)c2ccc(Br)s2)C1. The summed E-state index contributed by atoms with van der Waals surface area (Å²) in [6.07, 6.45) is 1.43. The molecule has 1 aromatic heterocycles. The van der Waals surface area contributed by atoms with Crippen LogP contribution in [0, 0.1) is 5.92 Å². The molecule has 0 aliphatic carbocycles. The molecule has 1 amide bonds. The lowest BCUT2D eigenvalue weighted by atomic mass is 9.97. The highest BCUT2D eigenvalue weighted by Crippen LogP contribution is 2.31. The van der Waals surface area contributed by atoms with Gasteiger partial charge in [-0.2, -0.15) is 4.31 Å². The van der Waals surface area contributed by atoms with Crippen molar-refractivity contribution in [2.75, 3.05) is 13.1 Å². The second kappa shape index (κ2) is 6.59. The maximum absolute atomic E-state index is 12.6. The monoisotopic (exact) mass is 408 g/mol. The molecule has 2 rings (SSSR count). The van der Waals surface area contributed by atoms with Crippen molar-refractivity contribution in [1.29, 1.82) is 0 Å². The molecule has 1 unspecified atom stereocenters. The topological polar surface area (TPSA) is 66.5 Å². The summed E-state index contributed by atoms with van der Waals surface area (Å²) in [7, 11) is -3.51.